The summed E-state index contributed by atoms with van der Waals surface area (Å²) in [6.45, 7) is 9.72. The van der Waals surface area contributed by atoms with Gasteiger partial charge in [0.2, 0.25) is 0 Å². The lowest BCUT2D eigenvalue weighted by atomic mass is 9.84. The van der Waals surface area contributed by atoms with E-state index in [1.165, 1.54) is 0 Å². The molecule has 1 N–H and O–H groups in total. The zero-order valence-corrected chi connectivity index (χ0v) is 12.5. The molecule has 3 heteroatoms. The molecule has 1 aromatic rings. The number of ether oxygens (including phenoxy) is 1. The number of carbonyl (C=O) groups is 1. The second kappa shape index (κ2) is 7.25. The SMILES string of the molecule is C=CC(C)(OC(=O)C(O)c1ccccc1)C(CC)CC. The molecule has 0 fully saturated rings. The van der Waals surface area contributed by atoms with E-state index in [2.05, 4.69) is 20.4 Å². The number of carbonyl (C=O) groups excluding carboxylic acids is 1. The van der Waals surface area contributed by atoms with Crippen molar-refractivity contribution in [3.05, 3.63) is 48.6 Å². The van der Waals surface area contributed by atoms with Gasteiger partial charge in [0.1, 0.15) is 5.60 Å². The fraction of sp³-hybridized carbons (Fsp3) is 0.471. The van der Waals surface area contributed by atoms with Gasteiger partial charge in [-0.3, -0.25) is 0 Å². The highest BCUT2D eigenvalue weighted by molar-refractivity contribution is 5.76. The van der Waals surface area contributed by atoms with E-state index in [4.69, 9.17) is 4.74 Å². The summed E-state index contributed by atoms with van der Waals surface area (Å²) < 4.78 is 5.54. The lowest BCUT2D eigenvalue weighted by Crippen LogP contribution is -2.38. The molecule has 0 aliphatic carbocycles. The highest BCUT2D eigenvalue weighted by atomic mass is 16.6. The molecule has 0 aliphatic heterocycles. The summed E-state index contributed by atoms with van der Waals surface area (Å²) in [5.74, 6) is -0.447. The normalized spacial score (nSPS) is 15.4. The van der Waals surface area contributed by atoms with Gasteiger partial charge in [0, 0.05) is 5.92 Å². The second-order valence-electron chi connectivity index (χ2n) is 5.14. The first kappa shape index (κ1) is 16.4. The predicted octanol–water partition coefficient (Wildman–Crippen LogP) is 3.64. The first-order valence-corrected chi connectivity index (χ1v) is 7.07. The standard InChI is InChI=1S/C17H24O3/c1-5-14(6-2)17(4,7-3)20-16(19)15(18)13-11-9-8-10-12-13/h7-12,14-15,18H,3,5-6H2,1-2,4H3. The molecule has 20 heavy (non-hydrogen) atoms. The quantitative estimate of drug-likeness (QED) is 0.611. The third-order valence-electron chi connectivity index (χ3n) is 3.86. The van der Waals surface area contributed by atoms with E-state index in [1.807, 2.05) is 13.0 Å². The zero-order valence-electron chi connectivity index (χ0n) is 12.5. The van der Waals surface area contributed by atoms with Crippen LogP contribution in [0.4, 0.5) is 0 Å². The fourth-order valence-electron chi connectivity index (χ4n) is 2.43. The van der Waals surface area contributed by atoms with Crippen LogP contribution >= 0.6 is 0 Å². The van der Waals surface area contributed by atoms with Crippen molar-refractivity contribution in [2.75, 3.05) is 0 Å². The predicted molar refractivity (Wildman–Crippen MR) is 80.2 cm³/mol. The van der Waals surface area contributed by atoms with Crippen LogP contribution < -0.4 is 0 Å². The number of aliphatic hydroxyl groups excluding tert-OH is 1. The van der Waals surface area contributed by atoms with Crippen LogP contribution in [0.15, 0.2) is 43.0 Å². The Kier molecular flexibility index (Phi) is 5.96. The van der Waals surface area contributed by atoms with Crippen molar-refractivity contribution in [2.24, 2.45) is 5.92 Å². The van der Waals surface area contributed by atoms with Gasteiger partial charge in [-0.15, -0.1) is 0 Å². The Bertz CT molecular complexity index is 437. The Morgan fingerprint density at radius 3 is 2.35 bits per heavy atom. The van der Waals surface area contributed by atoms with Crippen molar-refractivity contribution in [1.82, 2.24) is 0 Å². The van der Waals surface area contributed by atoms with Crippen LogP contribution in [0.5, 0.6) is 0 Å². The van der Waals surface area contributed by atoms with Gasteiger partial charge in [0.05, 0.1) is 0 Å². The third kappa shape index (κ3) is 3.70. The van der Waals surface area contributed by atoms with Gasteiger partial charge in [-0.2, -0.15) is 0 Å². The molecular formula is C17H24O3. The number of rotatable bonds is 7. The monoisotopic (exact) mass is 276 g/mol. The molecule has 0 saturated heterocycles. The van der Waals surface area contributed by atoms with E-state index in [-0.39, 0.29) is 5.92 Å². The summed E-state index contributed by atoms with van der Waals surface area (Å²) in [7, 11) is 0. The van der Waals surface area contributed by atoms with Crippen LogP contribution in [-0.4, -0.2) is 16.7 Å². The first-order valence-electron chi connectivity index (χ1n) is 7.07. The van der Waals surface area contributed by atoms with E-state index >= 15 is 0 Å². The largest absolute Gasteiger partial charge is 0.453 e. The van der Waals surface area contributed by atoms with E-state index in [9.17, 15) is 9.90 Å². The van der Waals surface area contributed by atoms with Crippen molar-refractivity contribution in [1.29, 1.82) is 0 Å². The number of hydrogen-bond donors (Lipinski definition) is 1. The van der Waals surface area contributed by atoms with Gasteiger partial charge in [-0.05, 0) is 31.4 Å². The number of benzene rings is 1. The minimum absolute atomic E-state index is 0.187. The Balaban J connectivity index is 2.85. The number of hydrogen-bond acceptors (Lipinski definition) is 3. The van der Waals surface area contributed by atoms with E-state index in [1.54, 1.807) is 30.3 Å². The highest BCUT2D eigenvalue weighted by Gasteiger charge is 2.35. The molecule has 0 aliphatic rings. The molecular weight excluding hydrogens is 252 g/mol. The highest BCUT2D eigenvalue weighted by Crippen LogP contribution is 2.30. The molecule has 2 unspecified atom stereocenters. The van der Waals surface area contributed by atoms with Crippen LogP contribution in [0.1, 0.15) is 45.3 Å². The van der Waals surface area contributed by atoms with E-state index in [0.717, 1.165) is 12.8 Å². The first-order chi connectivity index (χ1) is 9.48. The molecule has 0 spiro atoms. The molecule has 110 valence electrons. The minimum atomic E-state index is -1.26. The smallest absolute Gasteiger partial charge is 0.340 e. The Labute approximate surface area is 121 Å². The maximum Gasteiger partial charge on any atom is 0.340 e. The summed E-state index contributed by atoms with van der Waals surface area (Å²) in [4.78, 5) is 12.1. The van der Waals surface area contributed by atoms with Gasteiger partial charge in [0.25, 0.3) is 0 Å². The number of esters is 1. The summed E-state index contributed by atoms with van der Waals surface area (Å²) >= 11 is 0. The van der Waals surface area contributed by atoms with Crippen LogP contribution in [0.25, 0.3) is 0 Å². The van der Waals surface area contributed by atoms with Gasteiger partial charge in [-0.1, -0.05) is 50.8 Å². The van der Waals surface area contributed by atoms with Gasteiger partial charge in [0.15, 0.2) is 6.10 Å². The lowest BCUT2D eigenvalue weighted by molar-refractivity contribution is -0.169. The molecule has 0 saturated carbocycles. The van der Waals surface area contributed by atoms with E-state index in [0.29, 0.717) is 5.56 Å². The molecule has 0 radical (unpaired) electrons. The second-order valence-corrected chi connectivity index (χ2v) is 5.14. The molecule has 2 atom stereocenters. The Morgan fingerprint density at radius 1 is 1.35 bits per heavy atom. The summed E-state index contributed by atoms with van der Waals surface area (Å²) in [5, 5.41) is 10.1. The van der Waals surface area contributed by atoms with Crippen LogP contribution in [0, 0.1) is 5.92 Å². The molecule has 3 nitrogen and oxygen atoms in total. The van der Waals surface area contributed by atoms with Crippen molar-refractivity contribution in [3.8, 4) is 0 Å². The topological polar surface area (TPSA) is 46.5 Å². The number of aliphatic hydroxyl groups is 1. The summed E-state index contributed by atoms with van der Waals surface area (Å²) in [6.07, 6.45) is 2.16. The average Bonchev–Trinajstić information content (AvgIpc) is 2.48. The third-order valence-corrected chi connectivity index (χ3v) is 3.86. The molecule has 1 aromatic carbocycles. The van der Waals surface area contributed by atoms with Gasteiger partial charge < -0.3 is 9.84 Å². The van der Waals surface area contributed by atoms with Crippen molar-refractivity contribution in [2.45, 2.75) is 45.3 Å². The Hall–Kier alpha value is -1.61. The molecule has 0 aromatic heterocycles. The summed E-state index contributed by atoms with van der Waals surface area (Å²) in [5.41, 5.74) is -0.218. The zero-order chi connectivity index (χ0) is 15.2. The molecule has 0 amide bonds. The molecule has 0 heterocycles. The lowest BCUT2D eigenvalue weighted by Gasteiger charge is -2.34. The fourth-order valence-corrected chi connectivity index (χ4v) is 2.43. The van der Waals surface area contributed by atoms with Gasteiger partial charge in [-0.25, -0.2) is 4.79 Å². The van der Waals surface area contributed by atoms with E-state index < -0.39 is 17.7 Å². The van der Waals surface area contributed by atoms with Gasteiger partial charge >= 0.3 is 5.97 Å². The summed E-state index contributed by atoms with van der Waals surface area (Å²) in [6, 6.07) is 8.79. The molecule has 0 bridgehead atoms. The molecule has 1 rings (SSSR count). The van der Waals surface area contributed by atoms with Crippen molar-refractivity contribution >= 4 is 5.97 Å². The van der Waals surface area contributed by atoms with Crippen molar-refractivity contribution in [3.63, 3.8) is 0 Å². The van der Waals surface area contributed by atoms with Crippen LogP contribution in [0.2, 0.25) is 0 Å². The van der Waals surface area contributed by atoms with Crippen LogP contribution in [0.3, 0.4) is 0 Å². The minimum Gasteiger partial charge on any atom is -0.453 e. The van der Waals surface area contributed by atoms with Crippen molar-refractivity contribution < 1.29 is 14.6 Å². The Morgan fingerprint density at radius 2 is 1.90 bits per heavy atom. The maximum absolute atomic E-state index is 12.1. The maximum atomic E-state index is 12.1. The van der Waals surface area contributed by atoms with Crippen LogP contribution in [-0.2, 0) is 9.53 Å². The average molecular weight is 276 g/mol.